The number of rotatable bonds is 6. The second kappa shape index (κ2) is 9.50. The van der Waals surface area contributed by atoms with Crippen LogP contribution in [0, 0.1) is 24.6 Å². The number of likely N-dealkylation sites (tertiary alicyclic amines) is 1. The molecule has 0 bridgehead atoms. The summed E-state index contributed by atoms with van der Waals surface area (Å²) in [5.74, 6) is 0.172. The summed E-state index contributed by atoms with van der Waals surface area (Å²) in [5, 5.41) is 6.05. The predicted octanol–water partition coefficient (Wildman–Crippen LogP) is 4.32. The van der Waals surface area contributed by atoms with Gasteiger partial charge in [-0.05, 0) is 61.3 Å². The van der Waals surface area contributed by atoms with Gasteiger partial charge in [-0.1, -0.05) is 42.5 Å². The number of carbonyl (C=O) groups excluding carboxylic acids is 2. The molecule has 31 heavy (non-hydrogen) atoms. The Morgan fingerprint density at radius 1 is 1.03 bits per heavy atom. The van der Waals surface area contributed by atoms with Crippen LogP contribution in [0.3, 0.4) is 0 Å². The molecule has 2 aliphatic rings. The van der Waals surface area contributed by atoms with E-state index < -0.39 is 0 Å². The number of carbonyl (C=O) groups is 2. The highest BCUT2D eigenvalue weighted by molar-refractivity contribution is 5.81. The molecular formula is C25H30FN3O2. The highest BCUT2D eigenvalue weighted by atomic mass is 19.1. The number of urea groups is 1. The molecule has 1 aliphatic heterocycles. The van der Waals surface area contributed by atoms with Crippen molar-refractivity contribution in [3.63, 3.8) is 0 Å². The minimum atomic E-state index is -0.253. The van der Waals surface area contributed by atoms with Gasteiger partial charge < -0.3 is 15.5 Å². The minimum absolute atomic E-state index is 0.0292. The molecule has 0 radical (unpaired) electrons. The molecule has 1 aliphatic carbocycles. The molecule has 2 fully saturated rings. The number of amides is 3. The summed E-state index contributed by atoms with van der Waals surface area (Å²) in [6.45, 7) is 3.24. The molecule has 4 rings (SSSR count). The maximum absolute atomic E-state index is 13.8. The van der Waals surface area contributed by atoms with Crippen molar-refractivity contribution in [1.82, 2.24) is 15.5 Å². The SMILES string of the molecule is Cc1cc([C@@H]2CC[C@H](C(=O)NCC3CC3)CN2C(=O)NCc2ccccc2)ccc1F. The van der Waals surface area contributed by atoms with E-state index in [4.69, 9.17) is 0 Å². The quantitative estimate of drug-likeness (QED) is 0.727. The van der Waals surface area contributed by atoms with E-state index in [1.165, 1.54) is 18.9 Å². The Balaban J connectivity index is 1.48. The number of halogens is 1. The first-order valence-electron chi connectivity index (χ1n) is 11.1. The van der Waals surface area contributed by atoms with Gasteiger partial charge in [-0.3, -0.25) is 4.79 Å². The van der Waals surface area contributed by atoms with E-state index in [2.05, 4.69) is 10.6 Å². The molecule has 1 heterocycles. The monoisotopic (exact) mass is 423 g/mol. The Bertz CT molecular complexity index is 930. The number of hydrogen-bond acceptors (Lipinski definition) is 2. The molecule has 2 aromatic rings. The van der Waals surface area contributed by atoms with Crippen LogP contribution in [0.5, 0.6) is 0 Å². The lowest BCUT2D eigenvalue weighted by Crippen LogP contribution is -2.50. The van der Waals surface area contributed by atoms with E-state index in [0.717, 1.165) is 17.7 Å². The summed E-state index contributed by atoms with van der Waals surface area (Å²) < 4.78 is 13.8. The molecule has 2 atom stereocenters. The van der Waals surface area contributed by atoms with E-state index in [1.807, 2.05) is 36.4 Å². The Morgan fingerprint density at radius 3 is 2.52 bits per heavy atom. The lowest BCUT2D eigenvalue weighted by Gasteiger charge is -2.39. The zero-order valence-corrected chi connectivity index (χ0v) is 17.9. The Hall–Kier alpha value is -2.89. The predicted molar refractivity (Wildman–Crippen MR) is 118 cm³/mol. The average molecular weight is 424 g/mol. The molecule has 2 aromatic carbocycles. The third-order valence-electron chi connectivity index (χ3n) is 6.33. The molecule has 0 spiro atoms. The molecule has 5 nitrogen and oxygen atoms in total. The van der Waals surface area contributed by atoms with Crippen molar-refractivity contribution in [1.29, 1.82) is 0 Å². The van der Waals surface area contributed by atoms with E-state index in [1.54, 1.807) is 17.9 Å². The van der Waals surface area contributed by atoms with Gasteiger partial charge >= 0.3 is 6.03 Å². The van der Waals surface area contributed by atoms with Gasteiger partial charge in [-0.2, -0.15) is 0 Å². The summed E-state index contributed by atoms with van der Waals surface area (Å²) in [7, 11) is 0. The van der Waals surface area contributed by atoms with Crippen molar-refractivity contribution in [2.45, 2.75) is 45.2 Å². The fourth-order valence-corrected chi connectivity index (χ4v) is 4.22. The van der Waals surface area contributed by atoms with E-state index >= 15 is 0 Å². The van der Waals surface area contributed by atoms with Gasteiger partial charge in [-0.15, -0.1) is 0 Å². The van der Waals surface area contributed by atoms with Gasteiger partial charge in [0.05, 0.1) is 12.0 Å². The molecule has 2 N–H and O–H groups in total. The highest BCUT2D eigenvalue weighted by Crippen LogP contribution is 2.35. The molecule has 164 valence electrons. The van der Waals surface area contributed by atoms with Gasteiger partial charge in [0, 0.05) is 19.6 Å². The summed E-state index contributed by atoms with van der Waals surface area (Å²) >= 11 is 0. The van der Waals surface area contributed by atoms with Gasteiger partial charge in [-0.25, -0.2) is 9.18 Å². The average Bonchev–Trinajstić information content (AvgIpc) is 3.62. The van der Waals surface area contributed by atoms with Crippen LogP contribution in [0.15, 0.2) is 48.5 Å². The smallest absolute Gasteiger partial charge is 0.318 e. The first-order valence-corrected chi connectivity index (χ1v) is 11.1. The topological polar surface area (TPSA) is 61.4 Å². The molecule has 3 amide bonds. The first-order chi connectivity index (χ1) is 15.0. The van der Waals surface area contributed by atoms with Crippen LogP contribution in [0.4, 0.5) is 9.18 Å². The van der Waals surface area contributed by atoms with Gasteiger partial charge in [0.2, 0.25) is 5.91 Å². The summed E-state index contributed by atoms with van der Waals surface area (Å²) in [6, 6.07) is 14.4. The lowest BCUT2D eigenvalue weighted by molar-refractivity contribution is -0.126. The van der Waals surface area contributed by atoms with E-state index in [9.17, 15) is 14.0 Å². The molecule has 1 saturated carbocycles. The standard InChI is InChI=1S/C25H30FN3O2/c1-17-13-20(9-11-22(17)26)23-12-10-21(24(30)27-14-19-7-8-19)16-29(23)25(31)28-15-18-5-3-2-4-6-18/h2-6,9,11,13,19,21,23H,7-8,10,12,14-16H2,1H3,(H,27,30)(H,28,31)/t21-,23-/m0/s1. The van der Waals surface area contributed by atoms with Crippen LogP contribution in [-0.2, 0) is 11.3 Å². The molecule has 0 aromatic heterocycles. The number of piperidine rings is 1. The van der Waals surface area contributed by atoms with Crippen molar-refractivity contribution in [2.24, 2.45) is 11.8 Å². The third kappa shape index (κ3) is 5.43. The molecule has 6 heteroatoms. The highest BCUT2D eigenvalue weighted by Gasteiger charge is 2.36. The lowest BCUT2D eigenvalue weighted by atomic mass is 9.88. The number of nitrogens with zero attached hydrogens (tertiary/aromatic N) is 1. The first kappa shape index (κ1) is 21.3. The molecular weight excluding hydrogens is 393 g/mol. The molecule has 0 unspecified atom stereocenters. The van der Waals surface area contributed by atoms with Crippen molar-refractivity contribution in [3.05, 3.63) is 71.0 Å². The van der Waals surface area contributed by atoms with Crippen LogP contribution in [0.1, 0.15) is 48.4 Å². The summed E-state index contributed by atoms with van der Waals surface area (Å²) in [6.07, 6.45) is 3.75. The van der Waals surface area contributed by atoms with Crippen molar-refractivity contribution in [2.75, 3.05) is 13.1 Å². The number of nitrogens with one attached hydrogen (secondary N) is 2. The van der Waals surface area contributed by atoms with Crippen molar-refractivity contribution >= 4 is 11.9 Å². The maximum atomic E-state index is 13.8. The number of aryl methyl sites for hydroxylation is 1. The third-order valence-corrected chi connectivity index (χ3v) is 6.33. The zero-order chi connectivity index (χ0) is 21.8. The van der Waals surface area contributed by atoms with Crippen molar-refractivity contribution < 1.29 is 14.0 Å². The normalized spacial score (nSPS) is 20.9. The van der Waals surface area contributed by atoms with Gasteiger partial charge in [0.1, 0.15) is 5.82 Å². The fourth-order valence-electron chi connectivity index (χ4n) is 4.22. The zero-order valence-electron chi connectivity index (χ0n) is 17.9. The number of benzene rings is 2. The second-order valence-corrected chi connectivity index (χ2v) is 8.78. The van der Waals surface area contributed by atoms with Crippen LogP contribution in [-0.4, -0.2) is 29.9 Å². The van der Waals surface area contributed by atoms with Crippen LogP contribution in [0.25, 0.3) is 0 Å². The fraction of sp³-hybridized carbons (Fsp3) is 0.440. The van der Waals surface area contributed by atoms with E-state index in [0.29, 0.717) is 37.4 Å². The van der Waals surface area contributed by atoms with Gasteiger partial charge in [0.15, 0.2) is 0 Å². The second-order valence-electron chi connectivity index (χ2n) is 8.78. The minimum Gasteiger partial charge on any atom is -0.356 e. The largest absolute Gasteiger partial charge is 0.356 e. The van der Waals surface area contributed by atoms with Gasteiger partial charge in [0.25, 0.3) is 0 Å². The van der Waals surface area contributed by atoms with Crippen LogP contribution < -0.4 is 10.6 Å². The maximum Gasteiger partial charge on any atom is 0.318 e. The van der Waals surface area contributed by atoms with Crippen LogP contribution in [0.2, 0.25) is 0 Å². The Morgan fingerprint density at radius 2 is 1.81 bits per heavy atom. The Kier molecular flexibility index (Phi) is 6.54. The summed E-state index contributed by atoms with van der Waals surface area (Å²) in [5.41, 5.74) is 2.48. The van der Waals surface area contributed by atoms with E-state index in [-0.39, 0.29) is 29.7 Å². The molecule has 1 saturated heterocycles. The number of hydrogen-bond donors (Lipinski definition) is 2. The summed E-state index contributed by atoms with van der Waals surface area (Å²) in [4.78, 5) is 27.6. The van der Waals surface area contributed by atoms with Crippen molar-refractivity contribution in [3.8, 4) is 0 Å². The Labute approximate surface area is 183 Å². The van der Waals surface area contributed by atoms with Crippen LogP contribution >= 0.6 is 0 Å².